The first-order chi connectivity index (χ1) is 13.3. The summed E-state index contributed by atoms with van der Waals surface area (Å²) in [5.74, 6) is 0. The van der Waals surface area contributed by atoms with Crippen molar-refractivity contribution < 1.29 is 0 Å². The van der Waals surface area contributed by atoms with Gasteiger partial charge in [0.25, 0.3) is 0 Å². The maximum atomic E-state index is 9.68. The molecule has 0 N–H and O–H groups in total. The van der Waals surface area contributed by atoms with Crippen molar-refractivity contribution in [3.8, 4) is 6.07 Å². The molecule has 1 heterocycles. The third kappa shape index (κ3) is 3.97. The molecule has 0 bridgehead atoms. The van der Waals surface area contributed by atoms with Crippen molar-refractivity contribution in [3.05, 3.63) is 69.2 Å². The summed E-state index contributed by atoms with van der Waals surface area (Å²) in [6.07, 6.45) is 5.29. The zero-order valence-electron chi connectivity index (χ0n) is 16.7. The molecule has 0 unspecified atom stereocenters. The van der Waals surface area contributed by atoms with E-state index >= 15 is 0 Å². The van der Waals surface area contributed by atoms with Crippen molar-refractivity contribution in [3.63, 3.8) is 0 Å². The second-order valence-electron chi connectivity index (χ2n) is 7.70. The van der Waals surface area contributed by atoms with E-state index in [2.05, 4.69) is 62.9 Å². The molecule has 1 aliphatic heterocycles. The van der Waals surface area contributed by atoms with Crippen LogP contribution >= 0.6 is 23.2 Å². The number of benzene rings is 2. The SMILES string of the molecule is CCCN1c2ccc(/C=C(\C#N)c3ccc(Cl)cc3Cl)cc2C(C)=CC1(C)C. The van der Waals surface area contributed by atoms with Crippen LogP contribution in [0.25, 0.3) is 17.2 Å². The van der Waals surface area contributed by atoms with Crippen molar-refractivity contribution in [2.75, 3.05) is 11.4 Å². The Balaban J connectivity index is 2.07. The van der Waals surface area contributed by atoms with E-state index in [1.165, 1.54) is 16.8 Å². The molecule has 1 aliphatic rings. The number of allylic oxidation sites excluding steroid dienone is 2. The normalized spacial score (nSPS) is 15.7. The second kappa shape index (κ2) is 8.03. The highest BCUT2D eigenvalue weighted by Crippen LogP contribution is 2.40. The van der Waals surface area contributed by atoms with Crippen molar-refractivity contribution in [1.82, 2.24) is 0 Å². The van der Waals surface area contributed by atoms with Gasteiger partial charge in [0, 0.05) is 28.4 Å². The van der Waals surface area contributed by atoms with Crippen LogP contribution in [0, 0.1) is 11.3 Å². The minimum Gasteiger partial charge on any atom is -0.362 e. The Morgan fingerprint density at radius 3 is 2.57 bits per heavy atom. The van der Waals surface area contributed by atoms with Gasteiger partial charge in [-0.1, -0.05) is 48.3 Å². The molecule has 0 spiro atoms. The van der Waals surface area contributed by atoms with Gasteiger partial charge in [-0.05, 0) is 68.7 Å². The summed E-state index contributed by atoms with van der Waals surface area (Å²) in [6, 6.07) is 13.8. The minimum absolute atomic E-state index is 0.0148. The van der Waals surface area contributed by atoms with Gasteiger partial charge >= 0.3 is 0 Å². The Morgan fingerprint density at radius 2 is 1.93 bits per heavy atom. The van der Waals surface area contributed by atoms with Crippen molar-refractivity contribution in [2.24, 2.45) is 0 Å². The molecule has 2 aromatic carbocycles. The second-order valence-corrected chi connectivity index (χ2v) is 8.55. The number of halogens is 2. The third-order valence-electron chi connectivity index (χ3n) is 5.10. The summed E-state index contributed by atoms with van der Waals surface area (Å²) in [5.41, 5.74) is 5.88. The average Bonchev–Trinajstić information content (AvgIpc) is 2.63. The smallest absolute Gasteiger partial charge is 0.0998 e. The summed E-state index contributed by atoms with van der Waals surface area (Å²) < 4.78 is 0. The maximum Gasteiger partial charge on any atom is 0.0998 e. The van der Waals surface area contributed by atoms with Crippen molar-refractivity contribution in [1.29, 1.82) is 5.26 Å². The Morgan fingerprint density at radius 1 is 1.18 bits per heavy atom. The lowest BCUT2D eigenvalue weighted by atomic mass is 9.87. The van der Waals surface area contributed by atoms with Crippen LogP contribution in [0.1, 0.15) is 50.8 Å². The molecule has 0 saturated heterocycles. The number of anilines is 1. The fourth-order valence-corrected chi connectivity index (χ4v) is 4.38. The predicted octanol–water partition coefficient (Wildman–Crippen LogP) is 7.47. The van der Waals surface area contributed by atoms with E-state index in [1.54, 1.807) is 18.2 Å². The quantitative estimate of drug-likeness (QED) is 0.385. The molecular formula is C24H24Cl2N2. The lowest BCUT2D eigenvalue weighted by Gasteiger charge is -2.43. The number of fused-ring (bicyclic) bond motifs is 1. The standard InChI is InChI=1S/C24H24Cl2N2/c1-5-10-28-23-9-6-17(12-21(23)16(2)14-24(28,3)4)11-18(15-27)20-8-7-19(25)13-22(20)26/h6-9,11-14H,5,10H2,1-4H3/b18-11+. The van der Waals surface area contributed by atoms with Crippen molar-refractivity contribution >= 4 is 46.1 Å². The summed E-state index contributed by atoms with van der Waals surface area (Å²) in [7, 11) is 0. The molecular weight excluding hydrogens is 387 g/mol. The molecule has 0 atom stereocenters. The highest BCUT2D eigenvalue weighted by molar-refractivity contribution is 6.36. The lowest BCUT2D eigenvalue weighted by molar-refractivity contribution is 0.550. The molecule has 0 amide bonds. The Labute approximate surface area is 177 Å². The number of hydrogen-bond acceptors (Lipinski definition) is 2. The summed E-state index contributed by atoms with van der Waals surface area (Å²) >= 11 is 12.3. The largest absolute Gasteiger partial charge is 0.362 e. The molecule has 0 aliphatic carbocycles. The van der Waals surface area contributed by atoms with E-state index in [0.29, 0.717) is 21.2 Å². The molecule has 4 heteroatoms. The first-order valence-corrected chi connectivity index (χ1v) is 10.2. The molecule has 0 saturated carbocycles. The zero-order chi connectivity index (χ0) is 20.5. The van der Waals surface area contributed by atoms with Gasteiger partial charge in [0.1, 0.15) is 0 Å². The van der Waals surface area contributed by atoms with Crippen LogP contribution in [-0.2, 0) is 0 Å². The van der Waals surface area contributed by atoms with E-state index in [0.717, 1.165) is 18.5 Å². The Hall–Kier alpha value is -2.21. The van der Waals surface area contributed by atoms with Gasteiger partial charge in [0.05, 0.1) is 22.2 Å². The molecule has 0 radical (unpaired) electrons. The maximum absolute atomic E-state index is 9.68. The number of nitriles is 1. The van der Waals surface area contributed by atoms with Crippen molar-refractivity contribution in [2.45, 2.75) is 39.7 Å². The minimum atomic E-state index is -0.0148. The molecule has 0 fully saturated rings. The number of rotatable bonds is 4. The molecule has 3 rings (SSSR count). The van der Waals surface area contributed by atoms with Crippen LogP contribution in [-0.4, -0.2) is 12.1 Å². The van der Waals surface area contributed by atoms with E-state index in [-0.39, 0.29) is 5.54 Å². The predicted molar refractivity (Wildman–Crippen MR) is 122 cm³/mol. The first kappa shape index (κ1) is 20.5. The van der Waals surface area contributed by atoms with Gasteiger partial charge in [-0.2, -0.15) is 5.26 Å². The third-order valence-corrected chi connectivity index (χ3v) is 5.65. The van der Waals surface area contributed by atoms with Gasteiger partial charge in [-0.3, -0.25) is 0 Å². The van der Waals surface area contributed by atoms with Crippen LogP contribution in [0.4, 0.5) is 5.69 Å². The van der Waals surface area contributed by atoms with Crippen LogP contribution in [0.3, 0.4) is 0 Å². The molecule has 2 aromatic rings. The summed E-state index contributed by atoms with van der Waals surface area (Å²) in [4.78, 5) is 2.45. The van der Waals surface area contributed by atoms with E-state index < -0.39 is 0 Å². The van der Waals surface area contributed by atoms with Gasteiger partial charge in [-0.25, -0.2) is 0 Å². The Kier molecular flexibility index (Phi) is 5.89. The van der Waals surface area contributed by atoms with Gasteiger partial charge < -0.3 is 4.90 Å². The average molecular weight is 411 g/mol. The van der Waals surface area contributed by atoms with E-state index in [1.807, 2.05) is 6.08 Å². The number of nitrogens with zero attached hydrogens (tertiary/aromatic N) is 2. The van der Waals surface area contributed by atoms with E-state index in [9.17, 15) is 5.26 Å². The fraction of sp³-hybridized carbons (Fsp3) is 0.292. The summed E-state index contributed by atoms with van der Waals surface area (Å²) in [6.45, 7) is 9.85. The van der Waals surface area contributed by atoms with Gasteiger partial charge in [0.2, 0.25) is 0 Å². The molecule has 0 aromatic heterocycles. The summed E-state index contributed by atoms with van der Waals surface area (Å²) in [5, 5.41) is 10.7. The highest BCUT2D eigenvalue weighted by atomic mass is 35.5. The van der Waals surface area contributed by atoms with Crippen LogP contribution < -0.4 is 4.90 Å². The molecule has 28 heavy (non-hydrogen) atoms. The van der Waals surface area contributed by atoms with Crippen LogP contribution in [0.5, 0.6) is 0 Å². The monoisotopic (exact) mass is 410 g/mol. The van der Waals surface area contributed by atoms with Gasteiger partial charge in [0.15, 0.2) is 0 Å². The highest BCUT2D eigenvalue weighted by Gasteiger charge is 2.30. The zero-order valence-corrected chi connectivity index (χ0v) is 18.2. The first-order valence-electron chi connectivity index (χ1n) is 9.45. The van der Waals surface area contributed by atoms with E-state index in [4.69, 9.17) is 23.2 Å². The fourth-order valence-electron chi connectivity index (χ4n) is 3.87. The molecule has 144 valence electrons. The lowest BCUT2D eigenvalue weighted by Crippen LogP contribution is -2.45. The van der Waals surface area contributed by atoms with Crippen LogP contribution in [0.15, 0.2) is 42.5 Å². The molecule has 2 nitrogen and oxygen atoms in total. The Bertz CT molecular complexity index is 1010. The topological polar surface area (TPSA) is 27.0 Å². The van der Waals surface area contributed by atoms with Gasteiger partial charge in [-0.15, -0.1) is 0 Å². The van der Waals surface area contributed by atoms with Crippen LogP contribution in [0.2, 0.25) is 10.0 Å². The number of hydrogen-bond donors (Lipinski definition) is 0.